The number of azide groups is 1. The molecule has 0 atom stereocenters. The van der Waals surface area contributed by atoms with Crippen LogP contribution >= 0.6 is 0 Å². The molecule has 1 aromatic rings. The molecule has 0 radical (unpaired) electrons. The van der Waals surface area contributed by atoms with E-state index in [4.69, 9.17) is 76.6 Å². The van der Waals surface area contributed by atoms with E-state index in [0.717, 1.165) is 0 Å². The van der Waals surface area contributed by atoms with E-state index in [0.29, 0.717) is 142 Å². The predicted octanol–water partition coefficient (Wildman–Crippen LogP) is 2.85. The smallest absolute Gasteiger partial charge is 0.203 e. The number of ether oxygens (including phenoxy) is 15. The quantitative estimate of drug-likeness (QED) is 0.0414. The van der Waals surface area contributed by atoms with Crippen LogP contribution in [0.4, 0.5) is 5.69 Å². The Morgan fingerprint density at radius 1 is 0.392 bits per heavy atom. The van der Waals surface area contributed by atoms with Crippen LogP contribution in [0.25, 0.3) is 10.4 Å². The zero-order valence-electron chi connectivity index (χ0n) is 30.6. The van der Waals surface area contributed by atoms with Crippen molar-refractivity contribution in [1.82, 2.24) is 0 Å². The van der Waals surface area contributed by atoms with Crippen molar-refractivity contribution in [3.8, 4) is 17.2 Å². The fourth-order valence-corrected chi connectivity index (χ4v) is 3.71. The molecule has 296 valence electrons. The van der Waals surface area contributed by atoms with E-state index in [-0.39, 0.29) is 39.6 Å². The van der Waals surface area contributed by atoms with Gasteiger partial charge in [-0.2, -0.15) is 0 Å². The molecule has 0 aliphatic rings. The minimum atomic E-state index is 0.194. The number of rotatable bonds is 40. The Labute approximate surface area is 301 Å². The largest absolute Gasteiger partial charge is 0.487 e. The lowest BCUT2D eigenvalue weighted by molar-refractivity contribution is -0.00159. The van der Waals surface area contributed by atoms with Crippen LogP contribution in [-0.2, 0) is 56.8 Å². The lowest BCUT2D eigenvalue weighted by Gasteiger charge is -2.18. The van der Waals surface area contributed by atoms with Gasteiger partial charge in [0.2, 0.25) is 5.75 Å². The topological polar surface area (TPSA) is 187 Å². The molecule has 51 heavy (non-hydrogen) atoms. The third kappa shape index (κ3) is 28.7. The molecule has 0 heterocycles. The van der Waals surface area contributed by atoms with E-state index in [1.54, 1.807) is 33.5 Å². The first-order valence-electron chi connectivity index (χ1n) is 17.0. The van der Waals surface area contributed by atoms with Gasteiger partial charge >= 0.3 is 0 Å². The summed E-state index contributed by atoms with van der Waals surface area (Å²) in [6, 6.07) is 3.15. The van der Waals surface area contributed by atoms with Gasteiger partial charge in [0.15, 0.2) is 11.5 Å². The molecule has 1 rings (SSSR count). The molecule has 1 aromatic carbocycles. The number of nitrogens with zero attached hydrogens (tertiary/aromatic N) is 3. The Balaban J connectivity index is 2.58. The van der Waals surface area contributed by atoms with Gasteiger partial charge in [0.25, 0.3) is 0 Å². The van der Waals surface area contributed by atoms with Gasteiger partial charge in [0.1, 0.15) is 19.8 Å². The zero-order chi connectivity index (χ0) is 36.7. The fraction of sp³-hybridized carbons (Fsp3) is 0.818. The summed E-state index contributed by atoms with van der Waals surface area (Å²) in [5, 5.41) is 3.74. The predicted molar refractivity (Wildman–Crippen MR) is 185 cm³/mol. The summed E-state index contributed by atoms with van der Waals surface area (Å²) in [5.41, 5.74) is 9.38. The molecular weight excluding hydrogens is 678 g/mol. The molecule has 0 amide bonds. The highest BCUT2D eigenvalue weighted by atomic mass is 16.6. The monoisotopic (exact) mass is 737 g/mol. The maximum atomic E-state index is 9.09. The summed E-state index contributed by atoms with van der Waals surface area (Å²) >= 11 is 0. The summed E-state index contributed by atoms with van der Waals surface area (Å²) in [5.74, 6) is 0.970. The van der Waals surface area contributed by atoms with Crippen LogP contribution in [0.15, 0.2) is 17.2 Å². The van der Waals surface area contributed by atoms with Crippen molar-refractivity contribution >= 4 is 5.69 Å². The molecule has 0 aromatic heterocycles. The molecule has 18 heteroatoms. The lowest BCUT2D eigenvalue weighted by atomic mass is 10.2. The molecule has 0 spiro atoms. The Morgan fingerprint density at radius 3 is 0.922 bits per heavy atom. The van der Waals surface area contributed by atoms with Crippen molar-refractivity contribution in [1.29, 1.82) is 0 Å². The molecule has 0 fully saturated rings. The highest BCUT2D eigenvalue weighted by Gasteiger charge is 2.16. The van der Waals surface area contributed by atoms with Gasteiger partial charge in [0.05, 0.1) is 139 Å². The lowest BCUT2D eigenvalue weighted by Crippen LogP contribution is -2.16. The third-order valence-electron chi connectivity index (χ3n) is 6.14. The molecule has 0 aliphatic heterocycles. The summed E-state index contributed by atoms with van der Waals surface area (Å²) in [4.78, 5) is 2.91. The van der Waals surface area contributed by atoms with Crippen molar-refractivity contribution in [3.05, 3.63) is 22.6 Å². The van der Waals surface area contributed by atoms with Crippen LogP contribution < -0.4 is 14.2 Å². The first kappa shape index (κ1) is 46.5. The minimum Gasteiger partial charge on any atom is -0.487 e. The first-order valence-corrected chi connectivity index (χ1v) is 17.0. The van der Waals surface area contributed by atoms with Crippen molar-refractivity contribution in [2.24, 2.45) is 5.11 Å². The number of methoxy groups -OCH3 is 3. The standard InChI is InChI=1S/C33H59N3O15/c1-37-4-7-40-10-13-43-16-19-46-22-25-49-31-28-30(35-36-34)29-32(50-26-23-47-20-17-44-14-11-41-8-5-38-2)33(31)51-27-24-48-21-18-45-15-12-42-9-6-39-3/h28-29H,4-27H2,1-3H3. The molecule has 0 bridgehead atoms. The molecule has 0 saturated heterocycles. The second-order valence-electron chi connectivity index (χ2n) is 10.00. The Morgan fingerprint density at radius 2 is 0.647 bits per heavy atom. The van der Waals surface area contributed by atoms with E-state index in [2.05, 4.69) is 10.0 Å². The van der Waals surface area contributed by atoms with Gasteiger partial charge in [-0.1, -0.05) is 5.11 Å². The number of hydrogen-bond donors (Lipinski definition) is 0. The summed E-state index contributed by atoms with van der Waals surface area (Å²) in [6.45, 7) is 9.87. The highest BCUT2D eigenvalue weighted by Crippen LogP contribution is 2.41. The molecule has 0 aliphatic carbocycles. The molecule has 18 nitrogen and oxygen atoms in total. The number of benzene rings is 1. The van der Waals surface area contributed by atoms with Gasteiger partial charge in [-0.25, -0.2) is 0 Å². The van der Waals surface area contributed by atoms with Gasteiger partial charge in [-0.3, -0.25) is 0 Å². The normalized spacial score (nSPS) is 11.1. The minimum absolute atomic E-state index is 0.194. The van der Waals surface area contributed by atoms with Crippen LogP contribution in [-0.4, -0.2) is 180 Å². The Hall–Kier alpha value is -2.55. The average molecular weight is 738 g/mol. The highest BCUT2D eigenvalue weighted by molar-refractivity contribution is 5.60. The average Bonchev–Trinajstić information content (AvgIpc) is 3.13. The van der Waals surface area contributed by atoms with Crippen molar-refractivity contribution in [3.63, 3.8) is 0 Å². The van der Waals surface area contributed by atoms with E-state index in [1.165, 1.54) is 0 Å². The van der Waals surface area contributed by atoms with E-state index >= 15 is 0 Å². The van der Waals surface area contributed by atoms with E-state index in [9.17, 15) is 0 Å². The SMILES string of the molecule is COCCOCCOCCOCCOc1cc(N=[N+]=[N-])cc(OCCOCCOCCOCCOC)c1OCCOCCOCCOCCOC. The van der Waals surface area contributed by atoms with Crippen LogP contribution in [0.1, 0.15) is 0 Å². The van der Waals surface area contributed by atoms with E-state index < -0.39 is 0 Å². The maximum Gasteiger partial charge on any atom is 0.203 e. The molecule has 0 unspecified atom stereocenters. The second kappa shape index (κ2) is 37.2. The summed E-state index contributed by atoms with van der Waals surface area (Å²) in [7, 11) is 4.87. The van der Waals surface area contributed by atoms with Gasteiger partial charge in [0, 0.05) is 31.9 Å². The van der Waals surface area contributed by atoms with Gasteiger partial charge in [-0.05, 0) is 17.7 Å². The molecular formula is C33H59N3O15. The maximum absolute atomic E-state index is 9.09. The summed E-state index contributed by atoms with van der Waals surface area (Å²) in [6.07, 6.45) is 0. The van der Waals surface area contributed by atoms with Crippen LogP contribution in [0.2, 0.25) is 0 Å². The summed E-state index contributed by atoms with van der Waals surface area (Å²) < 4.78 is 82.3. The Bertz CT molecular complexity index is 911. The van der Waals surface area contributed by atoms with Crippen LogP contribution in [0.5, 0.6) is 17.2 Å². The van der Waals surface area contributed by atoms with Gasteiger partial charge in [-0.15, -0.1) is 0 Å². The fourth-order valence-electron chi connectivity index (χ4n) is 3.71. The van der Waals surface area contributed by atoms with E-state index in [1.807, 2.05) is 0 Å². The Kier molecular flexibility index (Phi) is 33.9. The zero-order valence-corrected chi connectivity index (χ0v) is 30.6. The molecule has 0 saturated carbocycles. The van der Waals surface area contributed by atoms with Crippen LogP contribution in [0, 0.1) is 0 Å². The van der Waals surface area contributed by atoms with Crippen molar-refractivity contribution in [2.45, 2.75) is 0 Å². The number of hydrogen-bond acceptors (Lipinski definition) is 16. The second-order valence-corrected chi connectivity index (χ2v) is 10.00. The molecule has 0 N–H and O–H groups in total. The van der Waals surface area contributed by atoms with Crippen LogP contribution in [0.3, 0.4) is 0 Å². The van der Waals surface area contributed by atoms with Crippen molar-refractivity contribution in [2.75, 3.05) is 180 Å². The van der Waals surface area contributed by atoms with Gasteiger partial charge < -0.3 is 71.1 Å². The third-order valence-corrected chi connectivity index (χ3v) is 6.14. The first-order chi connectivity index (χ1) is 25.3. The van der Waals surface area contributed by atoms with Crippen molar-refractivity contribution < 1.29 is 71.1 Å².